The van der Waals surface area contributed by atoms with Gasteiger partial charge >= 0.3 is 0 Å². The molecule has 2 N–H and O–H groups in total. The van der Waals surface area contributed by atoms with Crippen molar-refractivity contribution in [2.45, 2.75) is 13.8 Å². The Labute approximate surface area is 121 Å². The molecule has 106 valence electrons. The molecule has 4 nitrogen and oxygen atoms in total. The molecule has 5 heteroatoms. The second-order valence-corrected chi connectivity index (χ2v) is 4.96. The van der Waals surface area contributed by atoms with Gasteiger partial charge in [0.15, 0.2) is 0 Å². The third kappa shape index (κ3) is 2.50. The summed E-state index contributed by atoms with van der Waals surface area (Å²) >= 11 is 0. The van der Waals surface area contributed by atoms with Gasteiger partial charge in [-0.3, -0.25) is 0 Å². The van der Waals surface area contributed by atoms with Crippen molar-refractivity contribution in [3.8, 4) is 22.8 Å². The van der Waals surface area contributed by atoms with Gasteiger partial charge in [-0.1, -0.05) is 11.2 Å². The van der Waals surface area contributed by atoms with Crippen LogP contribution in [-0.2, 0) is 0 Å². The minimum absolute atomic E-state index is 0.255. The summed E-state index contributed by atoms with van der Waals surface area (Å²) in [7, 11) is 0. The SMILES string of the molecule is Cc1cc(-c2noc(-c3cc(N)ccc3C)n2)ccc1F. The van der Waals surface area contributed by atoms with Gasteiger partial charge in [-0.2, -0.15) is 4.98 Å². The van der Waals surface area contributed by atoms with Gasteiger partial charge in [-0.05, 0) is 55.3 Å². The molecule has 3 aromatic rings. The largest absolute Gasteiger partial charge is 0.399 e. The number of halogens is 1. The van der Waals surface area contributed by atoms with Gasteiger partial charge in [0.05, 0.1) is 0 Å². The van der Waals surface area contributed by atoms with Crippen molar-refractivity contribution < 1.29 is 8.91 Å². The maximum absolute atomic E-state index is 13.3. The van der Waals surface area contributed by atoms with E-state index in [0.717, 1.165) is 11.1 Å². The lowest BCUT2D eigenvalue weighted by Crippen LogP contribution is -1.89. The molecule has 2 aromatic carbocycles. The van der Waals surface area contributed by atoms with Crippen LogP contribution in [0.5, 0.6) is 0 Å². The fraction of sp³-hybridized carbons (Fsp3) is 0.125. The molecule has 0 unspecified atom stereocenters. The maximum Gasteiger partial charge on any atom is 0.258 e. The summed E-state index contributed by atoms with van der Waals surface area (Å²) in [5.74, 6) is 0.570. The molecule has 1 heterocycles. The predicted molar refractivity (Wildman–Crippen MR) is 79.0 cm³/mol. The van der Waals surface area contributed by atoms with Gasteiger partial charge in [0, 0.05) is 16.8 Å². The molecule has 0 saturated carbocycles. The first-order valence-corrected chi connectivity index (χ1v) is 6.51. The minimum atomic E-state index is -0.255. The van der Waals surface area contributed by atoms with E-state index < -0.39 is 0 Å². The topological polar surface area (TPSA) is 64.9 Å². The number of hydrogen-bond acceptors (Lipinski definition) is 4. The number of hydrogen-bond donors (Lipinski definition) is 1. The number of nitrogens with two attached hydrogens (primary N) is 1. The highest BCUT2D eigenvalue weighted by molar-refractivity contribution is 5.66. The fourth-order valence-electron chi connectivity index (χ4n) is 2.10. The third-order valence-corrected chi connectivity index (χ3v) is 3.33. The zero-order valence-electron chi connectivity index (χ0n) is 11.7. The van der Waals surface area contributed by atoms with Gasteiger partial charge in [0.1, 0.15) is 5.82 Å². The van der Waals surface area contributed by atoms with Crippen molar-refractivity contribution in [1.29, 1.82) is 0 Å². The summed E-state index contributed by atoms with van der Waals surface area (Å²) in [6.45, 7) is 3.64. The highest BCUT2D eigenvalue weighted by atomic mass is 19.1. The van der Waals surface area contributed by atoms with Gasteiger partial charge in [-0.15, -0.1) is 0 Å². The molecule has 0 aliphatic rings. The van der Waals surface area contributed by atoms with Crippen LogP contribution in [0.2, 0.25) is 0 Å². The van der Waals surface area contributed by atoms with Gasteiger partial charge in [0.25, 0.3) is 5.89 Å². The predicted octanol–water partition coefficient (Wildman–Crippen LogP) is 3.74. The molecule has 0 saturated heterocycles. The molecule has 0 fully saturated rings. The smallest absolute Gasteiger partial charge is 0.258 e. The first-order chi connectivity index (χ1) is 10.0. The molecule has 21 heavy (non-hydrogen) atoms. The highest BCUT2D eigenvalue weighted by Crippen LogP contribution is 2.27. The van der Waals surface area contributed by atoms with Gasteiger partial charge < -0.3 is 10.3 Å². The van der Waals surface area contributed by atoms with E-state index in [0.29, 0.717) is 28.5 Å². The summed E-state index contributed by atoms with van der Waals surface area (Å²) in [6.07, 6.45) is 0. The number of benzene rings is 2. The second kappa shape index (κ2) is 5.01. The number of nitrogens with zero attached hydrogens (tertiary/aromatic N) is 2. The van der Waals surface area contributed by atoms with E-state index in [9.17, 15) is 4.39 Å². The molecule has 0 atom stereocenters. The first-order valence-electron chi connectivity index (χ1n) is 6.51. The highest BCUT2D eigenvalue weighted by Gasteiger charge is 2.13. The maximum atomic E-state index is 13.3. The Morgan fingerprint density at radius 2 is 1.86 bits per heavy atom. The molecule has 0 amide bonds. The van der Waals surface area contributed by atoms with Gasteiger partial charge in [-0.25, -0.2) is 4.39 Å². The lowest BCUT2D eigenvalue weighted by molar-refractivity contribution is 0.432. The van der Waals surface area contributed by atoms with E-state index >= 15 is 0 Å². The number of nitrogen functional groups attached to an aromatic ring is 1. The number of rotatable bonds is 2. The minimum Gasteiger partial charge on any atom is -0.399 e. The van der Waals surface area contributed by atoms with Crippen LogP contribution >= 0.6 is 0 Å². The van der Waals surface area contributed by atoms with Crippen LogP contribution in [0.3, 0.4) is 0 Å². The summed E-state index contributed by atoms with van der Waals surface area (Å²) < 4.78 is 18.6. The van der Waals surface area contributed by atoms with E-state index in [1.807, 2.05) is 19.1 Å². The average molecular weight is 283 g/mol. The van der Waals surface area contributed by atoms with Crippen LogP contribution in [0.1, 0.15) is 11.1 Å². The van der Waals surface area contributed by atoms with E-state index in [-0.39, 0.29) is 5.82 Å². The van der Waals surface area contributed by atoms with Crippen LogP contribution in [0, 0.1) is 19.7 Å². The van der Waals surface area contributed by atoms with Crippen molar-refractivity contribution in [3.63, 3.8) is 0 Å². The van der Waals surface area contributed by atoms with Crippen LogP contribution in [0.25, 0.3) is 22.8 Å². The van der Waals surface area contributed by atoms with Gasteiger partial charge in [0.2, 0.25) is 5.82 Å². The molecule has 0 bridgehead atoms. The van der Waals surface area contributed by atoms with Crippen LogP contribution < -0.4 is 5.73 Å². The number of anilines is 1. The molecule has 0 aliphatic carbocycles. The Balaban J connectivity index is 2.03. The number of aromatic nitrogens is 2. The van der Waals surface area contributed by atoms with Crippen molar-refractivity contribution >= 4 is 5.69 Å². The third-order valence-electron chi connectivity index (χ3n) is 3.33. The van der Waals surface area contributed by atoms with Crippen molar-refractivity contribution in [2.75, 3.05) is 5.73 Å². The monoisotopic (exact) mass is 283 g/mol. The summed E-state index contributed by atoms with van der Waals surface area (Å²) in [5.41, 5.74) is 9.47. The van der Waals surface area contributed by atoms with Crippen molar-refractivity contribution in [3.05, 3.63) is 53.3 Å². The summed E-state index contributed by atoms with van der Waals surface area (Å²) in [6, 6.07) is 10.2. The molecule has 3 rings (SSSR count). The van der Waals surface area contributed by atoms with Crippen LogP contribution in [0.15, 0.2) is 40.9 Å². The molecular formula is C16H14FN3O. The summed E-state index contributed by atoms with van der Waals surface area (Å²) in [5, 5.41) is 3.95. The second-order valence-electron chi connectivity index (χ2n) is 4.96. The van der Waals surface area contributed by atoms with E-state index in [1.54, 1.807) is 25.1 Å². The summed E-state index contributed by atoms with van der Waals surface area (Å²) in [4.78, 5) is 4.37. The first kappa shape index (κ1) is 13.3. The molecule has 0 spiro atoms. The lowest BCUT2D eigenvalue weighted by atomic mass is 10.1. The number of aryl methyl sites for hydroxylation is 2. The van der Waals surface area contributed by atoms with Crippen molar-refractivity contribution in [2.24, 2.45) is 0 Å². The zero-order chi connectivity index (χ0) is 15.0. The molecule has 0 aliphatic heterocycles. The Kier molecular flexibility index (Phi) is 3.17. The molecule has 0 radical (unpaired) electrons. The van der Waals surface area contributed by atoms with E-state index in [1.165, 1.54) is 6.07 Å². The quantitative estimate of drug-likeness (QED) is 0.727. The Hall–Kier alpha value is -2.69. The Bertz CT molecular complexity index is 811. The standard InChI is InChI=1S/C16H14FN3O/c1-9-3-5-12(18)8-13(9)16-19-15(20-21-16)11-4-6-14(17)10(2)7-11/h3-8H,18H2,1-2H3. The molecular weight excluding hydrogens is 269 g/mol. The Morgan fingerprint density at radius 1 is 1.05 bits per heavy atom. The van der Waals surface area contributed by atoms with Crippen LogP contribution in [0.4, 0.5) is 10.1 Å². The Morgan fingerprint density at radius 3 is 2.62 bits per heavy atom. The van der Waals surface area contributed by atoms with Crippen LogP contribution in [-0.4, -0.2) is 10.1 Å². The normalized spacial score (nSPS) is 10.8. The van der Waals surface area contributed by atoms with E-state index in [2.05, 4.69) is 10.1 Å². The van der Waals surface area contributed by atoms with E-state index in [4.69, 9.17) is 10.3 Å². The zero-order valence-corrected chi connectivity index (χ0v) is 11.7. The lowest BCUT2D eigenvalue weighted by Gasteiger charge is -2.01. The molecule has 1 aromatic heterocycles. The van der Waals surface area contributed by atoms with Crippen molar-refractivity contribution in [1.82, 2.24) is 10.1 Å². The average Bonchev–Trinajstić information content (AvgIpc) is 2.94. The fourth-order valence-corrected chi connectivity index (χ4v) is 2.10.